The third-order valence-electron chi connectivity index (χ3n) is 9.54. The molecule has 1 aliphatic rings. The summed E-state index contributed by atoms with van der Waals surface area (Å²) in [6.45, 7) is 6.09. The number of nitrogens with one attached hydrogen (secondary N) is 4. The fourth-order valence-corrected chi connectivity index (χ4v) is 6.28. The zero-order chi connectivity index (χ0) is 40.3. The molecule has 0 aromatic heterocycles. The van der Waals surface area contributed by atoms with E-state index >= 15 is 0 Å². The Balaban J connectivity index is 2.47. The Bertz CT molecular complexity index is 1420. The fourth-order valence-electron chi connectivity index (χ4n) is 6.28. The molecule has 12 N–H and O–H groups in total. The van der Waals surface area contributed by atoms with Crippen LogP contribution in [0.15, 0.2) is 36.4 Å². The van der Waals surface area contributed by atoms with Gasteiger partial charge in [0.2, 0.25) is 23.6 Å². The number of hydrogen-bond acceptors (Lipinski definition) is 10. The van der Waals surface area contributed by atoms with Gasteiger partial charge in [-0.05, 0) is 121 Å². The van der Waals surface area contributed by atoms with Crippen molar-refractivity contribution >= 4 is 35.4 Å². The van der Waals surface area contributed by atoms with Gasteiger partial charge in [0.1, 0.15) is 23.9 Å². The topological polar surface area (TPSA) is 269 Å². The lowest BCUT2D eigenvalue weighted by molar-refractivity contribution is -0.144. The number of hydrogen-bond donors (Lipinski definition) is 9. The monoisotopic (exact) mass is 757 g/mol. The zero-order valence-electron chi connectivity index (χ0n) is 32.1. The molecule has 4 amide bonds. The second-order valence-corrected chi connectivity index (χ2v) is 15.0. The van der Waals surface area contributed by atoms with Crippen molar-refractivity contribution in [2.75, 3.05) is 13.1 Å². The number of Topliss-reactive ketones (excluding diaryl/α,β-unsaturated/α-hetero) is 1. The maximum absolute atomic E-state index is 14.0. The number of nitrogens with two attached hydrogens (primary N) is 3. The number of rotatable bonds is 18. The van der Waals surface area contributed by atoms with Gasteiger partial charge in [0.05, 0.1) is 17.5 Å². The molecule has 2 rings (SSSR count). The summed E-state index contributed by atoms with van der Waals surface area (Å²) in [5.41, 5.74) is 17.1. The highest BCUT2D eigenvalue weighted by atomic mass is 16.4. The van der Waals surface area contributed by atoms with Crippen LogP contribution in [0, 0.1) is 11.8 Å². The van der Waals surface area contributed by atoms with Gasteiger partial charge in [-0.3, -0.25) is 28.8 Å². The van der Waals surface area contributed by atoms with Gasteiger partial charge in [0, 0.05) is 6.42 Å². The first-order chi connectivity index (χ1) is 25.6. The highest BCUT2D eigenvalue weighted by Gasteiger charge is 2.35. The number of unbranched alkanes of at least 4 members (excludes halogenated alkanes) is 2. The predicted molar refractivity (Wildman–Crippen MR) is 206 cm³/mol. The lowest BCUT2D eigenvalue weighted by atomic mass is 9.89. The maximum Gasteiger partial charge on any atom is 0.306 e. The van der Waals surface area contributed by atoms with Gasteiger partial charge in [0.25, 0.3) is 0 Å². The number of carboxylic acids is 1. The second kappa shape index (κ2) is 23.4. The van der Waals surface area contributed by atoms with E-state index in [1.165, 1.54) is 12.1 Å². The van der Waals surface area contributed by atoms with Crippen molar-refractivity contribution in [2.24, 2.45) is 29.0 Å². The van der Waals surface area contributed by atoms with Crippen LogP contribution >= 0.6 is 0 Å². The lowest BCUT2D eigenvalue weighted by Crippen LogP contribution is -2.60. The number of allylic oxidation sites excluding steroid dienone is 1. The van der Waals surface area contributed by atoms with Crippen molar-refractivity contribution in [3.05, 3.63) is 42.0 Å². The van der Waals surface area contributed by atoms with Crippen LogP contribution in [0.3, 0.4) is 0 Å². The van der Waals surface area contributed by atoms with Gasteiger partial charge < -0.3 is 48.7 Å². The van der Waals surface area contributed by atoms with Gasteiger partial charge in [-0.15, -0.1) is 0 Å². The molecule has 0 aliphatic carbocycles. The number of benzene rings is 1. The van der Waals surface area contributed by atoms with Gasteiger partial charge in [-0.2, -0.15) is 0 Å². The molecule has 1 heterocycles. The van der Waals surface area contributed by atoms with Crippen LogP contribution in [-0.2, 0) is 35.2 Å². The van der Waals surface area contributed by atoms with E-state index in [1.54, 1.807) is 25.1 Å². The Morgan fingerprint density at radius 2 is 1.50 bits per heavy atom. The molecule has 1 aromatic rings. The molecule has 0 saturated carbocycles. The molecule has 0 spiro atoms. The van der Waals surface area contributed by atoms with Gasteiger partial charge in [-0.25, -0.2) is 0 Å². The minimum Gasteiger partial charge on any atom is -0.508 e. The van der Waals surface area contributed by atoms with Crippen LogP contribution in [0.25, 0.3) is 0 Å². The first-order valence-corrected chi connectivity index (χ1v) is 19.2. The number of phenolic OH excluding ortho intramolecular Hbond substituents is 1. The summed E-state index contributed by atoms with van der Waals surface area (Å²) in [6.07, 6.45) is 7.60. The maximum atomic E-state index is 14.0. The number of carbonyl (C=O) groups is 6. The number of phenols is 1. The van der Waals surface area contributed by atoms with E-state index in [-0.39, 0.29) is 50.2 Å². The SMILES string of the molecule is CC(C)C[C@H](CC(=O)[C@H](Cc1ccc(O)cc1)NC(=O)[C@@H]1CC=CCCC[C@@](C)(N)C(=O)N[C@@H](CCCCN)C(=O)N[C@@H](CCCCN)C(=O)N1)C(=O)O. The van der Waals surface area contributed by atoms with Crippen molar-refractivity contribution in [1.29, 1.82) is 0 Å². The molecule has 15 nitrogen and oxygen atoms in total. The number of aliphatic carboxylic acids is 1. The average Bonchev–Trinajstić information content (AvgIpc) is 3.11. The summed E-state index contributed by atoms with van der Waals surface area (Å²) >= 11 is 0. The van der Waals surface area contributed by atoms with Gasteiger partial charge in [0.15, 0.2) is 5.78 Å². The highest BCUT2D eigenvalue weighted by Crippen LogP contribution is 2.20. The number of ketones is 1. The third-order valence-corrected chi connectivity index (χ3v) is 9.54. The van der Waals surface area contributed by atoms with E-state index in [0.717, 1.165) is 0 Å². The normalized spacial score (nSPS) is 22.8. The summed E-state index contributed by atoms with van der Waals surface area (Å²) in [5, 5.41) is 30.8. The summed E-state index contributed by atoms with van der Waals surface area (Å²) < 4.78 is 0. The van der Waals surface area contributed by atoms with E-state index in [2.05, 4.69) is 21.3 Å². The van der Waals surface area contributed by atoms with Crippen LogP contribution in [-0.4, -0.2) is 88.4 Å². The molecule has 0 radical (unpaired) electrons. The number of amides is 4. The molecular weight excluding hydrogens is 694 g/mol. The lowest BCUT2D eigenvalue weighted by Gasteiger charge is -2.29. The van der Waals surface area contributed by atoms with E-state index in [9.17, 15) is 39.0 Å². The largest absolute Gasteiger partial charge is 0.508 e. The fraction of sp³-hybridized carbons (Fsp3) is 0.641. The molecule has 6 atom stereocenters. The van der Waals surface area contributed by atoms with E-state index in [1.807, 2.05) is 19.9 Å². The molecule has 1 aromatic carbocycles. The minimum absolute atomic E-state index is 0.0128. The highest BCUT2D eigenvalue weighted by molar-refractivity contribution is 5.97. The summed E-state index contributed by atoms with van der Waals surface area (Å²) in [5.74, 6) is -4.90. The molecule has 1 aliphatic heterocycles. The Morgan fingerprint density at radius 3 is 2.07 bits per heavy atom. The first-order valence-electron chi connectivity index (χ1n) is 19.2. The van der Waals surface area contributed by atoms with E-state index < -0.39 is 71.0 Å². The Kier molecular flexibility index (Phi) is 19.9. The molecule has 15 heteroatoms. The summed E-state index contributed by atoms with van der Waals surface area (Å²) in [4.78, 5) is 80.7. The molecule has 0 bridgehead atoms. The summed E-state index contributed by atoms with van der Waals surface area (Å²) in [6, 6.07) is 1.73. The molecule has 0 fully saturated rings. The number of aromatic hydroxyl groups is 1. The quantitative estimate of drug-likeness (QED) is 0.0768. The molecule has 0 unspecified atom stereocenters. The molecular formula is C39H63N7O8. The Morgan fingerprint density at radius 1 is 0.907 bits per heavy atom. The number of carboxylic acid groups (broad SMARTS) is 1. The van der Waals surface area contributed by atoms with Crippen molar-refractivity contribution in [2.45, 2.75) is 134 Å². The molecule has 0 saturated heterocycles. The van der Waals surface area contributed by atoms with Crippen LogP contribution in [0.4, 0.5) is 0 Å². The van der Waals surface area contributed by atoms with Crippen molar-refractivity contribution in [1.82, 2.24) is 21.3 Å². The third kappa shape index (κ3) is 16.4. The van der Waals surface area contributed by atoms with Crippen LogP contribution in [0.2, 0.25) is 0 Å². The van der Waals surface area contributed by atoms with Crippen LogP contribution in [0.1, 0.15) is 103 Å². The number of carbonyl (C=O) groups excluding carboxylic acids is 5. The first kappa shape index (κ1) is 45.8. The predicted octanol–water partition coefficient (Wildman–Crippen LogP) is 1.69. The average molecular weight is 758 g/mol. The minimum atomic E-state index is -1.27. The van der Waals surface area contributed by atoms with E-state index in [0.29, 0.717) is 63.6 Å². The van der Waals surface area contributed by atoms with Crippen molar-refractivity contribution < 1.29 is 39.0 Å². The molecule has 54 heavy (non-hydrogen) atoms. The smallest absolute Gasteiger partial charge is 0.306 e. The van der Waals surface area contributed by atoms with E-state index in [4.69, 9.17) is 17.2 Å². The van der Waals surface area contributed by atoms with Crippen LogP contribution in [0.5, 0.6) is 5.75 Å². The summed E-state index contributed by atoms with van der Waals surface area (Å²) in [7, 11) is 0. The van der Waals surface area contributed by atoms with Crippen molar-refractivity contribution in [3.8, 4) is 5.75 Å². The Labute approximate surface area is 319 Å². The zero-order valence-corrected chi connectivity index (χ0v) is 32.1. The standard InChI is InChI=1S/C39H63N7O8/c1-25(2)22-27(37(52)53)24-33(48)32(23-26-15-17-28(47)18-16-26)45-35(50)29-12-6-4-5-9-19-39(3,42)38(54)46-31(14-8-11-21-41)36(51)44-30(34(49)43-29)13-7-10-20-40/h4,6,15-18,25,27,29-32,47H,5,7-14,19-24,40-42H2,1-3H3,(H,43,49)(H,44,51)(H,45,50)(H,46,54)(H,52,53)/t27-,29+,30+,31+,32+,39-/m1/s1. The van der Waals surface area contributed by atoms with Crippen LogP contribution < -0.4 is 38.5 Å². The van der Waals surface area contributed by atoms with Gasteiger partial charge >= 0.3 is 5.97 Å². The van der Waals surface area contributed by atoms with Gasteiger partial charge in [-0.1, -0.05) is 38.1 Å². The molecule has 302 valence electrons. The van der Waals surface area contributed by atoms with Crippen molar-refractivity contribution in [3.63, 3.8) is 0 Å². The Hall–Kier alpha value is -4.34. The second-order valence-electron chi connectivity index (χ2n) is 15.0.